The third kappa shape index (κ3) is 5.12. The van der Waals surface area contributed by atoms with E-state index >= 15 is 0 Å². The number of esters is 1. The Bertz CT molecular complexity index is 1200. The summed E-state index contributed by atoms with van der Waals surface area (Å²) in [4.78, 5) is 11.9. The maximum atomic E-state index is 12.5. The Labute approximate surface area is 268 Å². The van der Waals surface area contributed by atoms with Crippen molar-refractivity contribution in [1.82, 2.24) is 0 Å². The Hall–Kier alpha value is -1.23. The first-order chi connectivity index (χ1) is 21.8. The van der Waals surface area contributed by atoms with Gasteiger partial charge in [0.15, 0.2) is 12.6 Å². The van der Waals surface area contributed by atoms with Gasteiger partial charge in [0.2, 0.25) is 0 Å². The lowest BCUT2D eigenvalue weighted by molar-refractivity contribution is -0.335. The summed E-state index contributed by atoms with van der Waals surface area (Å²) < 4.78 is 28.1. The third-order valence-electron chi connectivity index (χ3n) is 13.4. The summed E-state index contributed by atoms with van der Waals surface area (Å²) in [6.45, 7) is 4.19. The highest BCUT2D eigenvalue weighted by molar-refractivity contribution is 5.85. The molecule has 13 nitrogen and oxygen atoms in total. The van der Waals surface area contributed by atoms with Crippen LogP contribution in [0.15, 0.2) is 11.6 Å². The topological polar surface area (TPSA) is 205 Å². The summed E-state index contributed by atoms with van der Waals surface area (Å²) in [5, 5.41) is 75.8. The van der Waals surface area contributed by atoms with Gasteiger partial charge >= 0.3 is 5.97 Å². The summed E-state index contributed by atoms with van der Waals surface area (Å²) in [5.74, 6) is -0.247. The zero-order valence-corrected chi connectivity index (χ0v) is 26.5. The van der Waals surface area contributed by atoms with Crippen LogP contribution in [0, 0.1) is 34.5 Å². The van der Waals surface area contributed by atoms with Crippen LogP contribution in [-0.2, 0) is 28.5 Å². The van der Waals surface area contributed by atoms with E-state index in [1.807, 2.05) is 0 Å². The minimum absolute atomic E-state index is 0.00348. The predicted octanol–water partition coefficient (Wildman–Crippen LogP) is -0.498. The Balaban J connectivity index is 0.985. The Morgan fingerprint density at radius 3 is 2.28 bits per heavy atom. The number of aliphatic hydroxyl groups excluding tert-OH is 6. The lowest BCUT2D eigenvalue weighted by Gasteiger charge is -2.65. The smallest absolute Gasteiger partial charge is 0.331 e. The number of cyclic esters (lactones) is 1. The molecule has 3 aliphatic heterocycles. The molecule has 3 heterocycles. The molecule has 7 N–H and O–H groups in total. The molecule has 46 heavy (non-hydrogen) atoms. The van der Waals surface area contributed by atoms with Crippen LogP contribution in [0.3, 0.4) is 0 Å². The maximum absolute atomic E-state index is 12.5. The average molecular weight is 655 g/mol. The summed E-state index contributed by atoms with van der Waals surface area (Å²) in [7, 11) is 0. The molecule has 7 rings (SSSR count). The third-order valence-corrected chi connectivity index (χ3v) is 13.4. The zero-order chi connectivity index (χ0) is 32.8. The molecule has 6 fully saturated rings. The Kier molecular flexibility index (Phi) is 8.66. The number of ether oxygens (including phenoxy) is 5. The first-order valence-electron chi connectivity index (χ1n) is 17.0. The van der Waals surface area contributed by atoms with E-state index in [9.17, 15) is 40.5 Å². The largest absolute Gasteiger partial charge is 0.458 e. The van der Waals surface area contributed by atoms with E-state index in [-0.39, 0.29) is 61.0 Å². The van der Waals surface area contributed by atoms with Crippen molar-refractivity contribution in [2.45, 2.75) is 132 Å². The highest BCUT2D eigenvalue weighted by Crippen LogP contribution is 2.70. The second-order valence-corrected chi connectivity index (χ2v) is 15.6. The summed E-state index contributed by atoms with van der Waals surface area (Å²) in [6.07, 6.45) is -4.17. The fourth-order valence-electron chi connectivity index (χ4n) is 10.9. The highest BCUT2D eigenvalue weighted by atomic mass is 16.7. The summed E-state index contributed by atoms with van der Waals surface area (Å²) >= 11 is 0. The van der Waals surface area contributed by atoms with Crippen LogP contribution in [0.5, 0.6) is 0 Å². The van der Waals surface area contributed by atoms with Gasteiger partial charge < -0.3 is 59.4 Å². The summed E-state index contributed by atoms with van der Waals surface area (Å²) in [5.41, 5.74) is -0.774. The van der Waals surface area contributed by atoms with Crippen molar-refractivity contribution in [2.75, 3.05) is 19.8 Å². The molecule has 17 atom stereocenters. The summed E-state index contributed by atoms with van der Waals surface area (Å²) in [6, 6.07) is 0. The molecule has 13 heteroatoms. The second kappa shape index (κ2) is 12.0. The van der Waals surface area contributed by atoms with Crippen molar-refractivity contribution in [3.8, 4) is 0 Å². The van der Waals surface area contributed by atoms with Gasteiger partial charge in [-0.2, -0.15) is 0 Å². The van der Waals surface area contributed by atoms with Crippen molar-refractivity contribution in [1.29, 1.82) is 0 Å². The van der Waals surface area contributed by atoms with E-state index in [2.05, 4.69) is 13.8 Å². The lowest BCUT2D eigenvalue weighted by Crippen LogP contribution is -2.66. The molecule has 7 aliphatic rings. The number of hydrogen-bond acceptors (Lipinski definition) is 13. The number of carbonyl (C=O) groups excluding carboxylic acids is 1. The number of rotatable bonds is 5. The Morgan fingerprint density at radius 2 is 1.54 bits per heavy atom. The fourth-order valence-corrected chi connectivity index (χ4v) is 10.9. The maximum Gasteiger partial charge on any atom is 0.331 e. The molecule has 0 bridgehead atoms. The monoisotopic (exact) mass is 654 g/mol. The van der Waals surface area contributed by atoms with E-state index in [1.165, 1.54) is 0 Å². The number of fused-ring (bicyclic) bond motifs is 5. The van der Waals surface area contributed by atoms with Crippen molar-refractivity contribution >= 4 is 5.97 Å². The number of hydrogen-bond donors (Lipinski definition) is 7. The van der Waals surface area contributed by atoms with Crippen molar-refractivity contribution in [2.24, 2.45) is 34.5 Å². The van der Waals surface area contributed by atoms with Gasteiger partial charge in [-0.3, -0.25) is 0 Å². The van der Waals surface area contributed by atoms with E-state index in [1.54, 1.807) is 6.08 Å². The van der Waals surface area contributed by atoms with Crippen LogP contribution in [0.4, 0.5) is 0 Å². The Morgan fingerprint density at radius 1 is 0.826 bits per heavy atom. The average Bonchev–Trinajstić information content (AvgIpc) is 3.56. The van der Waals surface area contributed by atoms with Gasteiger partial charge in [-0.05, 0) is 86.0 Å². The van der Waals surface area contributed by atoms with Crippen LogP contribution in [0.25, 0.3) is 0 Å². The lowest BCUT2D eigenvalue weighted by atomic mass is 9.42. The van der Waals surface area contributed by atoms with E-state index < -0.39 is 66.3 Å². The van der Waals surface area contributed by atoms with Gasteiger partial charge in [0.05, 0.1) is 31.0 Å². The molecule has 0 aromatic heterocycles. The van der Waals surface area contributed by atoms with Crippen LogP contribution in [0.1, 0.15) is 65.2 Å². The normalized spacial score (nSPS) is 55.6. The van der Waals surface area contributed by atoms with Gasteiger partial charge in [0.25, 0.3) is 0 Å². The molecule has 0 radical (unpaired) electrons. The molecule has 0 spiro atoms. The van der Waals surface area contributed by atoms with Crippen molar-refractivity contribution < 1.29 is 64.2 Å². The van der Waals surface area contributed by atoms with Gasteiger partial charge in [-0.15, -0.1) is 0 Å². The van der Waals surface area contributed by atoms with Crippen LogP contribution >= 0.6 is 0 Å². The van der Waals surface area contributed by atoms with Crippen LogP contribution in [0.2, 0.25) is 0 Å². The highest BCUT2D eigenvalue weighted by Gasteiger charge is 2.70. The van der Waals surface area contributed by atoms with Crippen LogP contribution < -0.4 is 0 Å². The molecule has 3 unspecified atom stereocenters. The molecular weight excluding hydrogens is 604 g/mol. The number of aliphatic hydroxyl groups is 7. The second-order valence-electron chi connectivity index (χ2n) is 15.6. The van der Waals surface area contributed by atoms with E-state index in [4.69, 9.17) is 23.7 Å². The molecule has 0 aromatic carbocycles. The van der Waals surface area contributed by atoms with Gasteiger partial charge in [0, 0.05) is 11.5 Å². The standard InChI is InChI=1S/C33H50O13/c1-31-7-5-17(45-29-28(40)26(38)22(14-44-29)46-30-27(39)25(37)21(35)13-43-30)10-16(31)3-4-19-24(31)20(34)11-32(2)18(6-8-33(19,32)41)15-9-23(36)42-12-15/h9,16-22,24-30,34-35,37-41H,3-8,10-14H2,1-2H3/t16?,17?,18-,19-,20?,21-,22-,24-,25+,26-,27-,28-,29+,30+,31+,32-,33+/m1/s1. The SMILES string of the molecule is C[C@]12CCC(O[C@@H]3OC[C@@H](O[C@@H]4OC[C@@H](O)[C@H](O)[C@H]4O)[C@@H](O)[C@H]3O)CC1CC[C@@H]1[C@@H]2C(O)C[C@]2(C)[C@@H](C3=CC(=O)OC3)CC[C@]12O. The molecule has 0 aromatic rings. The quantitative estimate of drug-likeness (QED) is 0.148. The molecule has 2 saturated heterocycles. The van der Waals surface area contributed by atoms with Crippen molar-refractivity contribution in [3.63, 3.8) is 0 Å². The first-order valence-corrected chi connectivity index (χ1v) is 17.0. The van der Waals surface area contributed by atoms with Gasteiger partial charge in [-0.25, -0.2) is 4.79 Å². The molecule has 260 valence electrons. The molecule has 0 amide bonds. The predicted molar refractivity (Wildman–Crippen MR) is 156 cm³/mol. The zero-order valence-electron chi connectivity index (χ0n) is 26.5. The minimum Gasteiger partial charge on any atom is -0.458 e. The van der Waals surface area contributed by atoms with Crippen LogP contribution in [-0.4, -0.2) is 129 Å². The van der Waals surface area contributed by atoms with E-state index in [0.717, 1.165) is 31.3 Å². The molecule has 4 aliphatic carbocycles. The molecular formula is C33H50O13. The number of carbonyl (C=O) groups is 1. The van der Waals surface area contributed by atoms with Gasteiger partial charge in [0.1, 0.15) is 43.2 Å². The van der Waals surface area contributed by atoms with E-state index in [0.29, 0.717) is 25.7 Å². The minimum atomic E-state index is -1.54. The fraction of sp³-hybridized carbons (Fsp3) is 0.909. The van der Waals surface area contributed by atoms with Gasteiger partial charge in [-0.1, -0.05) is 13.8 Å². The first kappa shape index (κ1) is 33.3. The van der Waals surface area contributed by atoms with Crippen molar-refractivity contribution in [3.05, 3.63) is 11.6 Å². The molecule has 4 saturated carbocycles.